The highest BCUT2D eigenvalue weighted by Gasteiger charge is 2.23. The predicted octanol–water partition coefficient (Wildman–Crippen LogP) is 0.898. The highest BCUT2D eigenvalue weighted by atomic mass is 16.6. The van der Waals surface area contributed by atoms with E-state index in [2.05, 4.69) is 5.10 Å². The zero-order chi connectivity index (χ0) is 14.7. The van der Waals surface area contributed by atoms with Crippen LogP contribution in [0.15, 0.2) is 41.3 Å². The minimum absolute atomic E-state index is 0.146. The molecule has 0 spiro atoms. The Morgan fingerprint density at radius 2 is 2.10 bits per heavy atom. The molecule has 0 fully saturated rings. The molecule has 0 radical (unpaired) electrons. The maximum Gasteiger partial charge on any atom is 0.343 e. The molecule has 1 N–H and O–H groups in total. The Hall–Kier alpha value is -3.03. The van der Waals surface area contributed by atoms with Crippen LogP contribution in [-0.4, -0.2) is 25.8 Å². The molecule has 0 saturated carbocycles. The van der Waals surface area contributed by atoms with Crippen LogP contribution in [-0.2, 0) is 6.54 Å². The summed E-state index contributed by atoms with van der Waals surface area (Å²) >= 11 is 0. The number of rotatable bonds is 4. The normalized spacial score (nSPS) is 10.2. The number of benzene rings is 1. The largest absolute Gasteiger partial charge is 0.477 e. The molecule has 2 rings (SSSR count). The van der Waals surface area contributed by atoms with Crippen molar-refractivity contribution >= 4 is 11.7 Å². The van der Waals surface area contributed by atoms with Crippen LogP contribution in [0.3, 0.4) is 0 Å². The number of carboxylic acids is 1. The quantitative estimate of drug-likeness (QED) is 0.654. The first-order valence-corrected chi connectivity index (χ1v) is 5.52. The van der Waals surface area contributed by atoms with Crippen molar-refractivity contribution in [2.24, 2.45) is 0 Å². The smallest absolute Gasteiger partial charge is 0.343 e. The molecule has 102 valence electrons. The summed E-state index contributed by atoms with van der Waals surface area (Å²) in [6.45, 7) is -0.150. The standard InChI is InChI=1S/C12H9N3O5/c16-10-5-2-6-13-14(10)7-8-3-1-4-9(15(19)20)11(8)12(17)18/h1-6H,7H2,(H,17,18). The van der Waals surface area contributed by atoms with Gasteiger partial charge in [-0.3, -0.25) is 14.9 Å². The van der Waals surface area contributed by atoms with E-state index >= 15 is 0 Å². The summed E-state index contributed by atoms with van der Waals surface area (Å²) in [5, 5.41) is 23.8. The monoisotopic (exact) mass is 275 g/mol. The van der Waals surface area contributed by atoms with Crippen molar-refractivity contribution in [3.8, 4) is 0 Å². The van der Waals surface area contributed by atoms with E-state index in [9.17, 15) is 19.7 Å². The Labute approximate surface area is 112 Å². The Morgan fingerprint density at radius 3 is 2.70 bits per heavy atom. The van der Waals surface area contributed by atoms with Crippen molar-refractivity contribution in [2.75, 3.05) is 0 Å². The summed E-state index contributed by atoms with van der Waals surface area (Å²) in [5.74, 6) is -1.42. The van der Waals surface area contributed by atoms with Gasteiger partial charge in [-0.2, -0.15) is 5.10 Å². The van der Waals surface area contributed by atoms with Gasteiger partial charge in [-0.15, -0.1) is 0 Å². The van der Waals surface area contributed by atoms with Gasteiger partial charge in [0, 0.05) is 18.3 Å². The van der Waals surface area contributed by atoms with E-state index in [-0.39, 0.29) is 12.1 Å². The highest BCUT2D eigenvalue weighted by molar-refractivity contribution is 5.94. The van der Waals surface area contributed by atoms with Crippen LogP contribution in [0.2, 0.25) is 0 Å². The Balaban J connectivity index is 2.55. The molecule has 0 bridgehead atoms. The third-order valence-corrected chi connectivity index (χ3v) is 2.64. The van der Waals surface area contributed by atoms with Gasteiger partial charge in [-0.05, 0) is 11.6 Å². The fourth-order valence-corrected chi connectivity index (χ4v) is 1.78. The van der Waals surface area contributed by atoms with Crippen LogP contribution in [0.5, 0.6) is 0 Å². The molecule has 8 nitrogen and oxygen atoms in total. The maximum absolute atomic E-state index is 11.5. The molecule has 0 aliphatic carbocycles. The van der Waals surface area contributed by atoms with Crippen molar-refractivity contribution in [1.29, 1.82) is 0 Å². The van der Waals surface area contributed by atoms with Crippen LogP contribution in [0.1, 0.15) is 15.9 Å². The van der Waals surface area contributed by atoms with Crippen molar-refractivity contribution in [1.82, 2.24) is 9.78 Å². The molecule has 0 aliphatic heterocycles. The fraction of sp³-hybridized carbons (Fsp3) is 0.0833. The van der Waals surface area contributed by atoms with Gasteiger partial charge in [0.25, 0.3) is 11.2 Å². The molecule has 1 heterocycles. The van der Waals surface area contributed by atoms with E-state index in [0.717, 1.165) is 10.7 Å². The lowest BCUT2D eigenvalue weighted by atomic mass is 10.1. The molecule has 0 unspecified atom stereocenters. The van der Waals surface area contributed by atoms with Crippen LogP contribution >= 0.6 is 0 Å². The number of carbonyl (C=O) groups is 1. The number of nitro groups is 1. The summed E-state index contributed by atoms with van der Waals surface area (Å²) in [6, 6.07) is 6.61. The Morgan fingerprint density at radius 1 is 1.35 bits per heavy atom. The Kier molecular flexibility index (Phi) is 3.56. The van der Waals surface area contributed by atoms with Gasteiger partial charge in [0.2, 0.25) is 0 Å². The number of nitrogens with zero attached hydrogens (tertiary/aromatic N) is 3. The number of carboxylic acid groups (broad SMARTS) is 1. The molecular weight excluding hydrogens is 266 g/mol. The molecule has 2 aromatic rings. The minimum Gasteiger partial charge on any atom is -0.477 e. The highest BCUT2D eigenvalue weighted by Crippen LogP contribution is 2.22. The van der Waals surface area contributed by atoms with E-state index in [1.807, 2.05) is 0 Å². The molecule has 20 heavy (non-hydrogen) atoms. The lowest BCUT2D eigenvalue weighted by Crippen LogP contribution is -2.23. The summed E-state index contributed by atoms with van der Waals surface area (Å²) < 4.78 is 1.03. The zero-order valence-corrected chi connectivity index (χ0v) is 10.1. The van der Waals surface area contributed by atoms with Crippen molar-refractivity contribution in [3.05, 3.63) is 68.1 Å². The first-order chi connectivity index (χ1) is 9.50. The van der Waals surface area contributed by atoms with E-state index < -0.39 is 27.7 Å². The van der Waals surface area contributed by atoms with Gasteiger partial charge in [0.1, 0.15) is 5.56 Å². The van der Waals surface area contributed by atoms with E-state index in [4.69, 9.17) is 5.11 Å². The molecule has 0 atom stereocenters. The first-order valence-electron chi connectivity index (χ1n) is 5.52. The number of aromatic nitrogens is 2. The molecular formula is C12H9N3O5. The van der Waals surface area contributed by atoms with E-state index in [1.165, 1.54) is 30.5 Å². The SMILES string of the molecule is O=C(O)c1c(Cn2ncccc2=O)cccc1[N+](=O)[O-]. The number of hydrogen-bond acceptors (Lipinski definition) is 5. The average Bonchev–Trinajstić information content (AvgIpc) is 2.40. The van der Waals surface area contributed by atoms with E-state index in [0.29, 0.717) is 0 Å². The van der Waals surface area contributed by atoms with Gasteiger partial charge in [-0.25, -0.2) is 9.48 Å². The third kappa shape index (κ3) is 2.53. The summed E-state index contributed by atoms with van der Waals surface area (Å²) in [4.78, 5) is 32.8. The Bertz CT molecular complexity index is 738. The molecule has 0 amide bonds. The molecule has 8 heteroatoms. The van der Waals surface area contributed by atoms with Crippen LogP contribution in [0.4, 0.5) is 5.69 Å². The molecule has 1 aromatic carbocycles. The van der Waals surface area contributed by atoms with Gasteiger partial charge >= 0.3 is 5.97 Å². The molecule has 0 saturated heterocycles. The van der Waals surface area contributed by atoms with Gasteiger partial charge in [0.15, 0.2) is 0 Å². The number of hydrogen-bond donors (Lipinski definition) is 1. The predicted molar refractivity (Wildman–Crippen MR) is 67.7 cm³/mol. The minimum atomic E-state index is -1.42. The third-order valence-electron chi connectivity index (χ3n) is 2.64. The van der Waals surface area contributed by atoms with Gasteiger partial charge in [-0.1, -0.05) is 12.1 Å². The van der Waals surface area contributed by atoms with Crippen LogP contribution < -0.4 is 5.56 Å². The van der Waals surface area contributed by atoms with E-state index in [1.54, 1.807) is 0 Å². The first kappa shape index (κ1) is 13.4. The summed E-state index contributed by atoms with van der Waals surface area (Å²) in [6.07, 6.45) is 1.37. The second-order valence-electron chi connectivity index (χ2n) is 3.89. The number of nitro benzene ring substituents is 1. The zero-order valence-electron chi connectivity index (χ0n) is 10.1. The van der Waals surface area contributed by atoms with Gasteiger partial charge < -0.3 is 5.11 Å². The lowest BCUT2D eigenvalue weighted by Gasteiger charge is -2.07. The van der Waals surface area contributed by atoms with Gasteiger partial charge in [0.05, 0.1) is 11.5 Å². The average molecular weight is 275 g/mol. The molecule has 1 aromatic heterocycles. The van der Waals surface area contributed by atoms with Crippen LogP contribution in [0, 0.1) is 10.1 Å². The second-order valence-corrected chi connectivity index (χ2v) is 3.89. The van der Waals surface area contributed by atoms with Crippen molar-refractivity contribution < 1.29 is 14.8 Å². The lowest BCUT2D eigenvalue weighted by molar-refractivity contribution is -0.385. The fourth-order valence-electron chi connectivity index (χ4n) is 1.78. The maximum atomic E-state index is 11.5. The van der Waals surface area contributed by atoms with Crippen molar-refractivity contribution in [3.63, 3.8) is 0 Å². The summed E-state index contributed by atoms with van der Waals surface area (Å²) in [7, 11) is 0. The van der Waals surface area contributed by atoms with Crippen molar-refractivity contribution in [2.45, 2.75) is 6.54 Å². The topological polar surface area (TPSA) is 115 Å². The van der Waals surface area contributed by atoms with Crippen LogP contribution in [0.25, 0.3) is 0 Å². The number of aromatic carboxylic acids is 1. The summed E-state index contributed by atoms with van der Waals surface area (Å²) in [5.41, 5.74) is -1.23. The molecule has 0 aliphatic rings. The second kappa shape index (κ2) is 5.31.